The van der Waals surface area contributed by atoms with Gasteiger partial charge < -0.3 is 4.90 Å². The Morgan fingerprint density at radius 2 is 1.93 bits per heavy atom. The highest BCUT2D eigenvalue weighted by Gasteiger charge is 2.25. The highest BCUT2D eigenvalue weighted by Crippen LogP contribution is 2.34. The number of hydrogen-bond donors (Lipinski definition) is 0. The van der Waals surface area contributed by atoms with E-state index in [4.69, 9.17) is 28.2 Å². The summed E-state index contributed by atoms with van der Waals surface area (Å²) in [6.45, 7) is 1.60. The van der Waals surface area contributed by atoms with Gasteiger partial charge in [-0.3, -0.25) is 4.79 Å². The van der Waals surface area contributed by atoms with E-state index in [9.17, 15) is 4.79 Å². The third-order valence-electron chi connectivity index (χ3n) is 5.13. The molecule has 2 aromatic carbocycles. The van der Waals surface area contributed by atoms with Gasteiger partial charge >= 0.3 is 0 Å². The van der Waals surface area contributed by atoms with Crippen molar-refractivity contribution >= 4 is 50.7 Å². The fourth-order valence-electron chi connectivity index (χ4n) is 3.56. The van der Waals surface area contributed by atoms with Crippen LogP contribution in [0, 0.1) is 0 Å². The number of carbonyl (C=O) groups excluding carboxylic acids is 1. The van der Waals surface area contributed by atoms with Gasteiger partial charge in [-0.05, 0) is 49.1 Å². The van der Waals surface area contributed by atoms with Crippen LogP contribution in [0.4, 0.5) is 0 Å². The van der Waals surface area contributed by atoms with Crippen LogP contribution in [0.15, 0.2) is 42.5 Å². The molecular weight excluding hydrogens is 399 g/mol. The van der Waals surface area contributed by atoms with Gasteiger partial charge in [-0.15, -0.1) is 11.3 Å². The van der Waals surface area contributed by atoms with Crippen LogP contribution in [0.25, 0.3) is 10.2 Å². The lowest BCUT2D eigenvalue weighted by Crippen LogP contribution is -2.38. The molecule has 3 aromatic rings. The van der Waals surface area contributed by atoms with E-state index in [0.717, 1.165) is 37.0 Å². The predicted molar refractivity (Wildman–Crippen MR) is 113 cm³/mol. The minimum atomic E-state index is 0.198. The van der Waals surface area contributed by atoms with Gasteiger partial charge in [0, 0.05) is 35.5 Å². The summed E-state index contributed by atoms with van der Waals surface area (Å²) >= 11 is 13.9. The molecule has 0 aliphatic carbocycles. The molecule has 1 aromatic heterocycles. The van der Waals surface area contributed by atoms with Crippen LogP contribution < -0.4 is 0 Å². The van der Waals surface area contributed by atoms with Crippen molar-refractivity contribution in [1.82, 2.24) is 9.88 Å². The van der Waals surface area contributed by atoms with Gasteiger partial charge in [0.1, 0.15) is 0 Å². The molecular formula is C21H20Cl2N2OS. The summed E-state index contributed by atoms with van der Waals surface area (Å²) in [7, 11) is 0. The Morgan fingerprint density at radius 1 is 1.15 bits per heavy atom. The predicted octanol–water partition coefficient (Wildman–Crippen LogP) is 5.94. The van der Waals surface area contributed by atoms with Crippen molar-refractivity contribution in [1.29, 1.82) is 0 Å². The van der Waals surface area contributed by atoms with Crippen molar-refractivity contribution in [3.05, 3.63) is 63.1 Å². The molecule has 0 spiro atoms. The number of nitrogens with zero attached hydrogens (tertiary/aromatic N) is 2. The summed E-state index contributed by atoms with van der Waals surface area (Å²) in [6, 6.07) is 13.7. The molecule has 0 unspecified atom stereocenters. The molecule has 0 saturated carbocycles. The van der Waals surface area contributed by atoms with Crippen LogP contribution in [0.3, 0.4) is 0 Å². The molecule has 27 heavy (non-hydrogen) atoms. The molecule has 2 heterocycles. The fourth-order valence-corrected chi connectivity index (χ4v) is 5.20. The topological polar surface area (TPSA) is 33.2 Å². The number of aromatic nitrogens is 1. The van der Waals surface area contributed by atoms with E-state index >= 15 is 0 Å². The van der Waals surface area contributed by atoms with Crippen LogP contribution in [0.5, 0.6) is 0 Å². The van der Waals surface area contributed by atoms with Gasteiger partial charge in [0.2, 0.25) is 5.91 Å². The molecule has 3 nitrogen and oxygen atoms in total. The molecule has 0 N–H and O–H groups in total. The Kier molecular flexibility index (Phi) is 5.67. The van der Waals surface area contributed by atoms with E-state index in [0.29, 0.717) is 28.8 Å². The highest BCUT2D eigenvalue weighted by molar-refractivity contribution is 7.18. The van der Waals surface area contributed by atoms with Crippen LogP contribution in [0.2, 0.25) is 10.0 Å². The number of fused-ring (bicyclic) bond motifs is 1. The van der Waals surface area contributed by atoms with Crippen molar-refractivity contribution in [2.75, 3.05) is 13.1 Å². The lowest BCUT2D eigenvalue weighted by molar-refractivity contribution is -0.132. The molecule has 1 amide bonds. The highest BCUT2D eigenvalue weighted by atomic mass is 35.5. The van der Waals surface area contributed by atoms with Gasteiger partial charge in [0.25, 0.3) is 0 Å². The first-order chi connectivity index (χ1) is 13.1. The van der Waals surface area contributed by atoms with Crippen LogP contribution in [-0.4, -0.2) is 28.9 Å². The van der Waals surface area contributed by atoms with Crippen molar-refractivity contribution < 1.29 is 4.79 Å². The smallest absolute Gasteiger partial charge is 0.222 e. The molecule has 0 bridgehead atoms. The van der Waals surface area contributed by atoms with Crippen molar-refractivity contribution in [2.24, 2.45) is 0 Å². The number of thiazole rings is 1. The minimum Gasteiger partial charge on any atom is -0.343 e. The maximum absolute atomic E-state index is 12.6. The quantitative estimate of drug-likeness (QED) is 0.524. The number of amides is 1. The summed E-state index contributed by atoms with van der Waals surface area (Å²) in [6.07, 6.45) is 3.08. The van der Waals surface area contributed by atoms with Gasteiger partial charge in [-0.25, -0.2) is 4.98 Å². The number of likely N-dealkylation sites (tertiary alicyclic amines) is 1. The summed E-state index contributed by atoms with van der Waals surface area (Å²) in [5, 5.41) is 2.45. The van der Waals surface area contributed by atoms with Crippen LogP contribution in [-0.2, 0) is 11.2 Å². The van der Waals surface area contributed by atoms with E-state index in [1.165, 1.54) is 9.71 Å². The Balaban J connectivity index is 1.32. The zero-order valence-electron chi connectivity index (χ0n) is 14.8. The number of benzene rings is 2. The Hall–Kier alpha value is -1.62. The van der Waals surface area contributed by atoms with E-state index < -0.39 is 0 Å². The first-order valence-corrected chi connectivity index (χ1v) is 10.7. The number of halogens is 2. The maximum atomic E-state index is 12.6. The normalized spacial score (nSPS) is 15.4. The number of piperidine rings is 1. The van der Waals surface area contributed by atoms with Crippen molar-refractivity contribution in [2.45, 2.75) is 31.6 Å². The first kappa shape index (κ1) is 18.7. The molecule has 140 valence electrons. The van der Waals surface area contributed by atoms with Crippen LogP contribution in [0.1, 0.15) is 35.8 Å². The van der Waals surface area contributed by atoms with E-state index in [1.807, 2.05) is 23.1 Å². The Morgan fingerprint density at radius 3 is 2.67 bits per heavy atom. The Labute approximate surface area is 172 Å². The second kappa shape index (κ2) is 8.17. The molecule has 1 aliphatic rings. The van der Waals surface area contributed by atoms with Crippen molar-refractivity contribution in [3.63, 3.8) is 0 Å². The molecule has 0 atom stereocenters. The molecule has 1 saturated heterocycles. The lowest BCUT2D eigenvalue weighted by Gasteiger charge is -2.31. The van der Waals surface area contributed by atoms with Gasteiger partial charge in [-0.2, -0.15) is 0 Å². The zero-order valence-corrected chi connectivity index (χ0v) is 17.2. The molecule has 1 fully saturated rings. The first-order valence-electron chi connectivity index (χ1n) is 9.17. The Bertz CT molecular complexity index is 931. The molecule has 4 rings (SSSR count). The minimum absolute atomic E-state index is 0.198. The number of hydrogen-bond acceptors (Lipinski definition) is 3. The molecule has 6 heteroatoms. The zero-order chi connectivity index (χ0) is 18.8. The standard InChI is InChI=1S/C21H20Cl2N2OS/c22-16-7-5-14(17(23)13-16)6-8-20(26)25-11-9-15(10-12-25)21-24-18-3-1-2-4-19(18)27-21/h1-5,7,13,15H,6,8-12H2. The third kappa shape index (κ3) is 4.29. The van der Waals surface area contributed by atoms with Gasteiger partial charge in [-0.1, -0.05) is 41.4 Å². The van der Waals surface area contributed by atoms with Crippen molar-refractivity contribution in [3.8, 4) is 0 Å². The molecule has 1 aliphatic heterocycles. The van der Waals surface area contributed by atoms with Gasteiger partial charge in [0.05, 0.1) is 15.2 Å². The summed E-state index contributed by atoms with van der Waals surface area (Å²) in [5.74, 6) is 0.654. The number of para-hydroxylation sites is 1. The lowest BCUT2D eigenvalue weighted by atomic mass is 9.97. The average Bonchev–Trinajstić information content (AvgIpc) is 3.11. The number of carbonyl (C=O) groups is 1. The van der Waals surface area contributed by atoms with E-state index in [-0.39, 0.29) is 5.91 Å². The second-order valence-corrected chi connectivity index (χ2v) is 8.82. The summed E-state index contributed by atoms with van der Waals surface area (Å²) in [5.41, 5.74) is 2.05. The number of rotatable bonds is 4. The fraction of sp³-hybridized carbons (Fsp3) is 0.333. The van der Waals surface area contributed by atoms with Crippen LogP contribution >= 0.6 is 34.5 Å². The monoisotopic (exact) mass is 418 g/mol. The summed E-state index contributed by atoms with van der Waals surface area (Å²) in [4.78, 5) is 19.3. The summed E-state index contributed by atoms with van der Waals surface area (Å²) < 4.78 is 1.24. The largest absolute Gasteiger partial charge is 0.343 e. The van der Waals surface area contributed by atoms with E-state index in [1.54, 1.807) is 17.4 Å². The van der Waals surface area contributed by atoms with E-state index in [2.05, 4.69) is 18.2 Å². The second-order valence-electron chi connectivity index (χ2n) is 6.91. The average molecular weight is 419 g/mol. The maximum Gasteiger partial charge on any atom is 0.222 e. The number of aryl methyl sites for hydroxylation is 1. The SMILES string of the molecule is O=C(CCc1ccc(Cl)cc1Cl)N1CCC(c2nc3ccccc3s2)CC1. The van der Waals surface area contributed by atoms with Gasteiger partial charge in [0.15, 0.2) is 0 Å². The molecule has 0 radical (unpaired) electrons. The third-order valence-corrected chi connectivity index (χ3v) is 6.92.